The second kappa shape index (κ2) is 8.24. The van der Waals surface area contributed by atoms with Gasteiger partial charge in [-0.15, -0.1) is 0 Å². The molecule has 0 radical (unpaired) electrons. The molecular weight excluding hydrogens is 409 g/mol. The van der Waals surface area contributed by atoms with E-state index in [2.05, 4.69) is 5.32 Å². The molecular formula is C19H15F3N2O2S2. The van der Waals surface area contributed by atoms with Crippen LogP contribution in [0.1, 0.15) is 11.1 Å². The van der Waals surface area contributed by atoms with E-state index in [1.54, 1.807) is 25.3 Å². The second-order valence-electron chi connectivity index (χ2n) is 5.80. The highest BCUT2D eigenvalue weighted by Crippen LogP contribution is 2.33. The molecule has 1 heterocycles. The second-order valence-corrected chi connectivity index (χ2v) is 7.47. The zero-order valence-electron chi connectivity index (χ0n) is 14.6. The van der Waals surface area contributed by atoms with Crippen molar-refractivity contribution >= 4 is 46.0 Å². The van der Waals surface area contributed by atoms with E-state index in [9.17, 15) is 18.0 Å². The first-order valence-corrected chi connectivity index (χ1v) is 9.31. The Labute approximate surface area is 169 Å². The van der Waals surface area contributed by atoms with Crippen LogP contribution in [0, 0.1) is 0 Å². The molecule has 2 aromatic carbocycles. The van der Waals surface area contributed by atoms with E-state index in [0.717, 1.165) is 29.5 Å². The molecule has 0 spiro atoms. The van der Waals surface area contributed by atoms with Crippen LogP contribution in [0.4, 0.5) is 18.9 Å². The van der Waals surface area contributed by atoms with Crippen LogP contribution in [0.15, 0.2) is 53.4 Å². The molecule has 1 aliphatic heterocycles. The number of thiocarbonyl (C=S) groups is 1. The Hall–Kier alpha value is -2.52. The van der Waals surface area contributed by atoms with Crippen LogP contribution < -0.4 is 10.1 Å². The lowest BCUT2D eigenvalue weighted by Gasteiger charge is -2.17. The van der Waals surface area contributed by atoms with Crippen molar-refractivity contribution in [1.82, 2.24) is 4.90 Å². The summed E-state index contributed by atoms with van der Waals surface area (Å²) in [5, 5.41) is 2.82. The Kier molecular flexibility index (Phi) is 5.95. The van der Waals surface area contributed by atoms with Gasteiger partial charge in [-0.2, -0.15) is 13.2 Å². The number of alkyl halides is 3. The topological polar surface area (TPSA) is 41.6 Å². The fraction of sp³-hybridized carbons (Fsp3) is 0.158. The fourth-order valence-electron chi connectivity index (χ4n) is 2.46. The van der Waals surface area contributed by atoms with Crippen LogP contribution in [0.2, 0.25) is 0 Å². The predicted molar refractivity (Wildman–Crippen MR) is 108 cm³/mol. The molecule has 9 heteroatoms. The highest BCUT2D eigenvalue weighted by Gasteiger charge is 2.32. The molecule has 1 aliphatic rings. The minimum absolute atomic E-state index is 0.0219. The highest BCUT2D eigenvalue weighted by molar-refractivity contribution is 8.26. The number of carbonyl (C=O) groups is 1. The molecule has 1 saturated heterocycles. The van der Waals surface area contributed by atoms with Crippen molar-refractivity contribution in [3.05, 3.63) is 64.6 Å². The number of nitrogens with one attached hydrogen (secondary N) is 1. The summed E-state index contributed by atoms with van der Waals surface area (Å²) < 4.78 is 43.9. The van der Waals surface area contributed by atoms with E-state index in [1.165, 1.54) is 17.0 Å². The van der Waals surface area contributed by atoms with Gasteiger partial charge in [0.2, 0.25) is 0 Å². The Morgan fingerprint density at radius 1 is 1.21 bits per heavy atom. The number of methoxy groups -OCH3 is 1. The quantitative estimate of drug-likeness (QED) is 0.541. The number of rotatable bonds is 5. The van der Waals surface area contributed by atoms with E-state index in [4.69, 9.17) is 17.0 Å². The number of nitrogens with zero attached hydrogens (tertiary/aromatic N) is 1. The minimum Gasteiger partial charge on any atom is -0.497 e. The summed E-state index contributed by atoms with van der Waals surface area (Å²) in [7, 11) is 1.57. The van der Waals surface area contributed by atoms with Gasteiger partial charge in [0.1, 0.15) is 10.1 Å². The third kappa shape index (κ3) is 4.66. The summed E-state index contributed by atoms with van der Waals surface area (Å²) in [5.74, 6) is 0.403. The molecule has 0 saturated carbocycles. The molecule has 1 amide bonds. The highest BCUT2D eigenvalue weighted by atomic mass is 32.2. The Morgan fingerprint density at radius 2 is 1.93 bits per heavy atom. The first kappa shape index (κ1) is 20.2. The number of hydrogen-bond acceptors (Lipinski definition) is 5. The average Bonchev–Trinajstić information content (AvgIpc) is 2.93. The minimum atomic E-state index is -4.43. The summed E-state index contributed by atoms with van der Waals surface area (Å²) in [4.78, 5) is 14.4. The van der Waals surface area contributed by atoms with Gasteiger partial charge in [-0.3, -0.25) is 9.69 Å². The maximum absolute atomic E-state index is 12.8. The largest absolute Gasteiger partial charge is 0.497 e. The van der Waals surface area contributed by atoms with Crippen molar-refractivity contribution in [3.63, 3.8) is 0 Å². The standard InChI is InChI=1S/C19H15F3N2O2S2/c1-26-15-7-5-12(6-8-15)9-16-17(25)24(18(27)28-16)11-23-14-4-2-3-13(10-14)19(20,21)22/h2-10,23H,11H2,1H3/b16-9-. The van der Waals surface area contributed by atoms with Crippen molar-refractivity contribution in [2.24, 2.45) is 0 Å². The number of halogens is 3. The maximum Gasteiger partial charge on any atom is 0.416 e. The third-order valence-electron chi connectivity index (χ3n) is 3.92. The van der Waals surface area contributed by atoms with Crippen LogP contribution in [0.3, 0.4) is 0 Å². The predicted octanol–water partition coefficient (Wildman–Crippen LogP) is 4.98. The number of hydrogen-bond donors (Lipinski definition) is 1. The summed E-state index contributed by atoms with van der Waals surface area (Å²) in [5.41, 5.74) is 0.303. The summed E-state index contributed by atoms with van der Waals surface area (Å²) >= 11 is 6.38. The molecule has 0 atom stereocenters. The number of ether oxygens (including phenoxy) is 1. The summed E-state index contributed by atoms with van der Waals surface area (Å²) in [6.45, 7) is -0.0219. The van der Waals surface area contributed by atoms with Gasteiger partial charge < -0.3 is 10.1 Å². The van der Waals surface area contributed by atoms with Crippen LogP contribution in [-0.2, 0) is 11.0 Å². The van der Waals surface area contributed by atoms with Gasteiger partial charge in [0.15, 0.2) is 0 Å². The van der Waals surface area contributed by atoms with Crippen LogP contribution in [0.25, 0.3) is 6.08 Å². The molecule has 4 nitrogen and oxygen atoms in total. The maximum atomic E-state index is 12.8. The van der Waals surface area contributed by atoms with Crippen LogP contribution in [-0.4, -0.2) is 28.9 Å². The fourth-order valence-corrected chi connectivity index (χ4v) is 3.72. The van der Waals surface area contributed by atoms with E-state index in [0.29, 0.717) is 15.0 Å². The van der Waals surface area contributed by atoms with Gasteiger partial charge in [-0.25, -0.2) is 0 Å². The van der Waals surface area contributed by atoms with Crippen molar-refractivity contribution < 1.29 is 22.7 Å². The van der Waals surface area contributed by atoms with Gasteiger partial charge in [0, 0.05) is 5.69 Å². The summed E-state index contributed by atoms with van der Waals surface area (Å²) in [6.07, 6.45) is -2.72. The number of carbonyl (C=O) groups excluding carboxylic acids is 1. The SMILES string of the molecule is COc1ccc(/C=C2\SC(=S)N(CNc3cccc(C(F)(F)F)c3)C2=O)cc1. The Morgan fingerprint density at radius 3 is 2.57 bits per heavy atom. The van der Waals surface area contributed by atoms with E-state index >= 15 is 0 Å². The number of amides is 1. The van der Waals surface area contributed by atoms with Crippen LogP contribution in [0.5, 0.6) is 5.75 Å². The smallest absolute Gasteiger partial charge is 0.416 e. The van der Waals surface area contributed by atoms with Crippen molar-refractivity contribution in [2.45, 2.75) is 6.18 Å². The molecule has 1 fully saturated rings. The zero-order valence-corrected chi connectivity index (χ0v) is 16.3. The van der Waals surface area contributed by atoms with Gasteiger partial charge in [-0.1, -0.05) is 42.2 Å². The number of benzene rings is 2. The molecule has 0 unspecified atom stereocenters. The first-order valence-electron chi connectivity index (χ1n) is 8.08. The molecule has 0 aromatic heterocycles. The van der Waals surface area contributed by atoms with E-state index < -0.39 is 11.7 Å². The summed E-state index contributed by atoms with van der Waals surface area (Å²) in [6, 6.07) is 12.0. The van der Waals surface area contributed by atoms with Crippen LogP contribution >= 0.6 is 24.0 Å². The van der Waals surface area contributed by atoms with Gasteiger partial charge in [0.25, 0.3) is 5.91 Å². The lowest BCUT2D eigenvalue weighted by Crippen LogP contribution is -2.33. The van der Waals surface area contributed by atoms with Crippen molar-refractivity contribution in [3.8, 4) is 5.75 Å². The Bertz CT molecular complexity index is 928. The van der Waals surface area contributed by atoms with Crippen molar-refractivity contribution in [2.75, 3.05) is 19.1 Å². The third-order valence-corrected chi connectivity index (χ3v) is 5.30. The first-order chi connectivity index (χ1) is 13.3. The van der Waals surface area contributed by atoms with Gasteiger partial charge in [-0.05, 0) is 42.0 Å². The monoisotopic (exact) mass is 424 g/mol. The zero-order chi connectivity index (χ0) is 20.3. The average molecular weight is 424 g/mol. The Balaban J connectivity index is 1.69. The molecule has 28 heavy (non-hydrogen) atoms. The number of anilines is 1. The molecule has 0 bridgehead atoms. The lowest BCUT2D eigenvalue weighted by molar-refractivity contribution is -0.137. The molecule has 1 N–H and O–H groups in total. The van der Waals surface area contributed by atoms with Crippen molar-refractivity contribution in [1.29, 1.82) is 0 Å². The normalized spacial score (nSPS) is 16.0. The molecule has 3 rings (SSSR count). The molecule has 146 valence electrons. The molecule has 2 aromatic rings. The van der Waals surface area contributed by atoms with E-state index in [-0.39, 0.29) is 18.3 Å². The number of thioether (sulfide) groups is 1. The van der Waals surface area contributed by atoms with Gasteiger partial charge in [0.05, 0.1) is 24.2 Å². The van der Waals surface area contributed by atoms with E-state index in [1.807, 2.05) is 12.1 Å². The van der Waals surface area contributed by atoms with Gasteiger partial charge >= 0.3 is 6.18 Å². The lowest BCUT2D eigenvalue weighted by atomic mass is 10.2. The molecule has 0 aliphatic carbocycles.